The first-order chi connectivity index (χ1) is 9.38. The molecule has 0 fully saturated rings. The Bertz CT molecular complexity index is 288. The van der Waals surface area contributed by atoms with Crippen molar-refractivity contribution < 1.29 is 19.5 Å². The maximum atomic E-state index is 2.57. The molecule has 0 atom stereocenters. The minimum absolute atomic E-state index is 0. The first kappa shape index (κ1) is 19.6. The van der Waals surface area contributed by atoms with Gasteiger partial charge in [0.15, 0.2) is 0 Å². The second kappa shape index (κ2) is 13.6. The zero-order valence-corrected chi connectivity index (χ0v) is 15.0. The normalized spacial score (nSPS) is 10.1. The minimum atomic E-state index is 0. The predicted octanol–water partition coefficient (Wildman–Crippen LogP) is 5.65. The second-order valence-corrected chi connectivity index (χ2v) is 5.44. The van der Waals surface area contributed by atoms with E-state index in [1.54, 1.807) is 0 Å². The molecule has 1 aromatic rings. The topological polar surface area (TPSA) is 3.24 Å². The smallest absolute Gasteiger partial charge is 0.0366 e. The van der Waals surface area contributed by atoms with Gasteiger partial charge in [-0.25, -0.2) is 0 Å². The van der Waals surface area contributed by atoms with Crippen LogP contribution >= 0.6 is 0 Å². The molecule has 0 radical (unpaired) electrons. The zero-order valence-electron chi connectivity index (χ0n) is 13.3. The van der Waals surface area contributed by atoms with Crippen LogP contribution in [0.4, 0.5) is 5.69 Å². The first-order valence-electron chi connectivity index (χ1n) is 8.18. The molecule has 1 nitrogen and oxygen atoms in total. The van der Waals surface area contributed by atoms with E-state index in [1.807, 2.05) is 0 Å². The maximum Gasteiger partial charge on any atom is 0.0366 e. The van der Waals surface area contributed by atoms with Gasteiger partial charge in [0, 0.05) is 38.3 Å². The van der Waals surface area contributed by atoms with Gasteiger partial charge in [-0.15, -0.1) is 0 Å². The van der Waals surface area contributed by atoms with Crippen molar-refractivity contribution in [3.63, 3.8) is 0 Å². The zero-order chi connectivity index (χ0) is 13.8. The van der Waals surface area contributed by atoms with Gasteiger partial charge in [0.25, 0.3) is 0 Å². The van der Waals surface area contributed by atoms with Gasteiger partial charge < -0.3 is 4.90 Å². The van der Waals surface area contributed by atoms with Crippen LogP contribution in [0.2, 0.25) is 0 Å². The van der Waals surface area contributed by atoms with E-state index < -0.39 is 0 Å². The Kier molecular flexibility index (Phi) is 13.4. The van der Waals surface area contributed by atoms with Gasteiger partial charge in [-0.1, -0.05) is 70.6 Å². The van der Waals surface area contributed by atoms with Crippen LogP contribution in [-0.2, 0) is 19.5 Å². The molecule has 0 spiro atoms. The van der Waals surface area contributed by atoms with Crippen molar-refractivity contribution in [1.82, 2.24) is 0 Å². The van der Waals surface area contributed by atoms with Crippen LogP contribution in [0.5, 0.6) is 0 Å². The Morgan fingerprint density at radius 2 is 1.20 bits per heavy atom. The van der Waals surface area contributed by atoms with E-state index in [0.29, 0.717) is 0 Å². The van der Waals surface area contributed by atoms with Crippen LogP contribution in [0.15, 0.2) is 30.3 Å². The van der Waals surface area contributed by atoms with Crippen LogP contribution < -0.4 is 4.90 Å². The van der Waals surface area contributed by atoms with Gasteiger partial charge in [0.05, 0.1) is 0 Å². The first-order valence-corrected chi connectivity index (χ1v) is 8.18. The van der Waals surface area contributed by atoms with Crippen LogP contribution in [0.25, 0.3) is 0 Å². The predicted molar refractivity (Wildman–Crippen MR) is 86.9 cm³/mol. The molecular formula is C18H31NRu. The van der Waals surface area contributed by atoms with E-state index in [4.69, 9.17) is 0 Å². The summed E-state index contributed by atoms with van der Waals surface area (Å²) in [5.74, 6) is 0. The third-order valence-electron chi connectivity index (χ3n) is 3.68. The SMILES string of the molecule is CCCCCCN(CCCCCC)c1ccccc1.[Ru]. The Labute approximate surface area is 138 Å². The van der Waals surface area contributed by atoms with Crippen molar-refractivity contribution in [3.8, 4) is 0 Å². The van der Waals surface area contributed by atoms with Gasteiger partial charge in [-0.3, -0.25) is 0 Å². The number of unbranched alkanes of at least 4 members (excludes halogenated alkanes) is 6. The molecule has 20 heavy (non-hydrogen) atoms. The summed E-state index contributed by atoms with van der Waals surface area (Å²) in [5.41, 5.74) is 1.40. The minimum Gasteiger partial charge on any atom is -0.372 e. The van der Waals surface area contributed by atoms with Gasteiger partial charge in [-0.05, 0) is 25.0 Å². The fraction of sp³-hybridized carbons (Fsp3) is 0.667. The Balaban J connectivity index is 0.00000361. The number of rotatable bonds is 11. The number of para-hydroxylation sites is 1. The molecule has 0 saturated heterocycles. The molecule has 0 aliphatic heterocycles. The fourth-order valence-corrected chi connectivity index (χ4v) is 2.47. The van der Waals surface area contributed by atoms with Gasteiger partial charge in [0.2, 0.25) is 0 Å². The van der Waals surface area contributed by atoms with E-state index in [9.17, 15) is 0 Å². The van der Waals surface area contributed by atoms with Crippen molar-refractivity contribution in [2.45, 2.75) is 65.2 Å². The summed E-state index contributed by atoms with van der Waals surface area (Å²) in [6.07, 6.45) is 10.8. The van der Waals surface area contributed by atoms with Crippen LogP contribution in [0.1, 0.15) is 65.2 Å². The van der Waals surface area contributed by atoms with Crippen LogP contribution in [0, 0.1) is 0 Å². The second-order valence-electron chi connectivity index (χ2n) is 5.44. The van der Waals surface area contributed by atoms with Crippen molar-refractivity contribution in [1.29, 1.82) is 0 Å². The van der Waals surface area contributed by atoms with Crippen molar-refractivity contribution >= 4 is 5.69 Å². The molecule has 0 N–H and O–H groups in total. The average molecular weight is 363 g/mol. The molecule has 0 bridgehead atoms. The Hall–Kier alpha value is -0.357. The molecule has 0 aliphatic carbocycles. The number of hydrogen-bond donors (Lipinski definition) is 0. The van der Waals surface area contributed by atoms with E-state index in [-0.39, 0.29) is 19.5 Å². The largest absolute Gasteiger partial charge is 0.372 e. The molecular weight excluding hydrogens is 331 g/mol. The molecule has 0 aromatic heterocycles. The summed E-state index contributed by atoms with van der Waals surface area (Å²) < 4.78 is 0. The molecule has 1 rings (SSSR count). The van der Waals surface area contributed by atoms with Gasteiger partial charge >= 0.3 is 0 Å². The average Bonchev–Trinajstić information content (AvgIpc) is 2.46. The quantitative estimate of drug-likeness (QED) is 0.363. The van der Waals surface area contributed by atoms with Gasteiger partial charge in [0.1, 0.15) is 0 Å². The van der Waals surface area contributed by atoms with E-state index in [2.05, 4.69) is 49.1 Å². The van der Waals surface area contributed by atoms with Crippen molar-refractivity contribution in [2.24, 2.45) is 0 Å². The summed E-state index contributed by atoms with van der Waals surface area (Å²) in [5, 5.41) is 0. The van der Waals surface area contributed by atoms with Crippen LogP contribution in [-0.4, -0.2) is 13.1 Å². The summed E-state index contributed by atoms with van der Waals surface area (Å²) >= 11 is 0. The fourth-order valence-electron chi connectivity index (χ4n) is 2.47. The summed E-state index contributed by atoms with van der Waals surface area (Å²) in [6.45, 7) is 6.99. The van der Waals surface area contributed by atoms with Crippen molar-refractivity contribution in [3.05, 3.63) is 30.3 Å². The summed E-state index contributed by atoms with van der Waals surface area (Å²) in [4.78, 5) is 2.57. The standard InChI is InChI=1S/C18H31N.Ru/c1-3-5-7-12-16-19(17-13-8-6-4-2)18-14-10-9-11-15-18;/h9-11,14-15H,3-8,12-13,16-17H2,1-2H3;. The Morgan fingerprint density at radius 3 is 1.65 bits per heavy atom. The molecule has 0 amide bonds. The van der Waals surface area contributed by atoms with E-state index >= 15 is 0 Å². The Morgan fingerprint density at radius 1 is 0.700 bits per heavy atom. The summed E-state index contributed by atoms with van der Waals surface area (Å²) in [7, 11) is 0. The maximum absolute atomic E-state index is 2.57. The number of hydrogen-bond acceptors (Lipinski definition) is 1. The van der Waals surface area contributed by atoms with Crippen molar-refractivity contribution in [2.75, 3.05) is 18.0 Å². The molecule has 0 unspecified atom stereocenters. The number of benzene rings is 1. The monoisotopic (exact) mass is 363 g/mol. The third kappa shape index (κ3) is 8.74. The molecule has 0 aliphatic rings. The number of nitrogens with zero attached hydrogens (tertiary/aromatic N) is 1. The molecule has 116 valence electrons. The molecule has 0 saturated carbocycles. The van der Waals surface area contributed by atoms with Crippen LogP contribution in [0.3, 0.4) is 0 Å². The molecule has 2 heteroatoms. The third-order valence-corrected chi connectivity index (χ3v) is 3.68. The molecule has 1 aromatic carbocycles. The van der Waals surface area contributed by atoms with E-state index in [0.717, 1.165) is 0 Å². The van der Waals surface area contributed by atoms with E-state index in [1.165, 1.54) is 70.1 Å². The summed E-state index contributed by atoms with van der Waals surface area (Å²) in [6, 6.07) is 10.9. The van der Waals surface area contributed by atoms with Gasteiger partial charge in [-0.2, -0.15) is 0 Å². The number of anilines is 1. The molecule has 0 heterocycles.